The second-order valence-corrected chi connectivity index (χ2v) is 5.02. The molecular formula is C11H6BrF2NOS. The Morgan fingerprint density at radius 3 is 2.82 bits per heavy atom. The first-order valence-corrected chi connectivity index (χ1v) is 6.32. The predicted molar refractivity (Wildman–Crippen MR) is 64.2 cm³/mol. The maximum absolute atomic E-state index is 13.2. The predicted octanol–water partition coefficient (Wildman–Crippen LogP) is 3.61. The lowest BCUT2D eigenvalue weighted by Crippen LogP contribution is -2.06. The van der Waals surface area contributed by atoms with E-state index in [0.29, 0.717) is 5.01 Å². The van der Waals surface area contributed by atoms with Gasteiger partial charge in [0.25, 0.3) is 0 Å². The second-order valence-electron chi connectivity index (χ2n) is 3.25. The molecule has 88 valence electrons. The summed E-state index contributed by atoms with van der Waals surface area (Å²) in [6.07, 6.45) is 1.68. The monoisotopic (exact) mass is 317 g/mol. The first kappa shape index (κ1) is 12.3. The summed E-state index contributed by atoms with van der Waals surface area (Å²) in [6.45, 7) is 0. The summed E-state index contributed by atoms with van der Waals surface area (Å²) in [7, 11) is 0. The van der Waals surface area contributed by atoms with Crippen LogP contribution < -0.4 is 0 Å². The lowest BCUT2D eigenvalue weighted by molar-refractivity contribution is 0.0991. The molecule has 0 N–H and O–H groups in total. The Hall–Kier alpha value is -1.14. The Morgan fingerprint density at radius 2 is 2.18 bits per heavy atom. The SMILES string of the molecule is O=C(Cc1nccs1)c1ccc(F)c(F)c1Br. The number of ketones is 1. The molecule has 17 heavy (non-hydrogen) atoms. The quantitative estimate of drug-likeness (QED) is 0.639. The van der Waals surface area contributed by atoms with Crippen molar-refractivity contribution in [3.63, 3.8) is 0 Å². The van der Waals surface area contributed by atoms with Crippen molar-refractivity contribution >= 4 is 33.0 Å². The molecule has 0 spiro atoms. The minimum absolute atomic E-state index is 0.0847. The Labute approximate surface area is 108 Å². The number of Topliss-reactive ketones (excluding diaryl/α,β-unsaturated/α-hetero) is 1. The van der Waals surface area contributed by atoms with Crippen LogP contribution in [0.25, 0.3) is 0 Å². The maximum atomic E-state index is 13.2. The van der Waals surface area contributed by atoms with Crippen molar-refractivity contribution in [1.29, 1.82) is 0 Å². The highest BCUT2D eigenvalue weighted by Gasteiger charge is 2.17. The molecule has 2 rings (SSSR count). The van der Waals surface area contributed by atoms with Crippen molar-refractivity contribution in [1.82, 2.24) is 4.98 Å². The van der Waals surface area contributed by atoms with Gasteiger partial charge in [0.05, 0.1) is 10.9 Å². The molecule has 0 fully saturated rings. The molecule has 0 saturated heterocycles. The molecule has 0 saturated carbocycles. The molecule has 0 amide bonds. The Kier molecular flexibility index (Phi) is 3.63. The summed E-state index contributed by atoms with van der Waals surface area (Å²) in [5.41, 5.74) is 0.124. The average Bonchev–Trinajstić information content (AvgIpc) is 2.78. The van der Waals surface area contributed by atoms with E-state index in [1.54, 1.807) is 11.6 Å². The fourth-order valence-electron chi connectivity index (χ4n) is 1.31. The van der Waals surface area contributed by atoms with Gasteiger partial charge >= 0.3 is 0 Å². The van der Waals surface area contributed by atoms with Crippen molar-refractivity contribution in [2.75, 3.05) is 0 Å². The average molecular weight is 318 g/mol. The van der Waals surface area contributed by atoms with Crippen LogP contribution >= 0.6 is 27.3 Å². The number of carbonyl (C=O) groups excluding carboxylic acids is 1. The van der Waals surface area contributed by atoms with Gasteiger partial charge in [0, 0.05) is 17.1 Å². The third-order valence-electron chi connectivity index (χ3n) is 2.13. The van der Waals surface area contributed by atoms with Gasteiger partial charge in [-0.15, -0.1) is 11.3 Å². The van der Waals surface area contributed by atoms with Gasteiger partial charge in [-0.2, -0.15) is 0 Å². The Bertz CT molecular complexity index is 557. The largest absolute Gasteiger partial charge is 0.294 e. The topological polar surface area (TPSA) is 30.0 Å². The molecule has 1 heterocycles. The Balaban J connectivity index is 2.29. The maximum Gasteiger partial charge on any atom is 0.173 e. The Morgan fingerprint density at radius 1 is 1.41 bits per heavy atom. The van der Waals surface area contributed by atoms with E-state index in [4.69, 9.17) is 0 Å². The third-order valence-corrected chi connectivity index (χ3v) is 3.69. The minimum atomic E-state index is -1.05. The van der Waals surface area contributed by atoms with E-state index in [-0.39, 0.29) is 22.2 Å². The number of carbonyl (C=O) groups is 1. The van der Waals surface area contributed by atoms with E-state index in [0.717, 1.165) is 6.07 Å². The zero-order valence-corrected chi connectivity index (χ0v) is 10.8. The smallest absolute Gasteiger partial charge is 0.173 e. The van der Waals surface area contributed by atoms with Crippen LogP contribution in [0.3, 0.4) is 0 Å². The van der Waals surface area contributed by atoms with Crippen LogP contribution in [0.4, 0.5) is 8.78 Å². The van der Waals surface area contributed by atoms with E-state index in [1.165, 1.54) is 17.4 Å². The van der Waals surface area contributed by atoms with Gasteiger partial charge in [-0.1, -0.05) is 0 Å². The minimum Gasteiger partial charge on any atom is -0.294 e. The molecule has 0 radical (unpaired) electrons. The molecule has 1 aromatic carbocycles. The second kappa shape index (κ2) is 5.01. The lowest BCUT2D eigenvalue weighted by atomic mass is 10.1. The lowest BCUT2D eigenvalue weighted by Gasteiger charge is -2.04. The first-order chi connectivity index (χ1) is 8.09. The van der Waals surface area contributed by atoms with E-state index in [9.17, 15) is 13.6 Å². The summed E-state index contributed by atoms with van der Waals surface area (Å²) in [4.78, 5) is 15.8. The van der Waals surface area contributed by atoms with E-state index in [2.05, 4.69) is 20.9 Å². The molecule has 0 aliphatic heterocycles. The number of halogens is 3. The number of aromatic nitrogens is 1. The van der Waals surface area contributed by atoms with Crippen LogP contribution in [0.15, 0.2) is 28.2 Å². The number of nitrogens with zero attached hydrogens (tertiary/aromatic N) is 1. The molecule has 2 nitrogen and oxygen atoms in total. The van der Waals surface area contributed by atoms with Gasteiger partial charge in [-0.25, -0.2) is 13.8 Å². The van der Waals surface area contributed by atoms with E-state index >= 15 is 0 Å². The highest BCUT2D eigenvalue weighted by molar-refractivity contribution is 9.10. The van der Waals surface area contributed by atoms with Gasteiger partial charge in [-0.3, -0.25) is 4.79 Å². The molecule has 1 aromatic heterocycles. The van der Waals surface area contributed by atoms with Crippen LogP contribution in [0.1, 0.15) is 15.4 Å². The molecule has 2 aromatic rings. The summed E-state index contributed by atoms with van der Waals surface area (Å²) in [5, 5.41) is 2.40. The van der Waals surface area contributed by atoms with Crippen LogP contribution in [0.2, 0.25) is 0 Å². The van der Waals surface area contributed by atoms with Gasteiger partial charge in [0.15, 0.2) is 17.4 Å². The number of hydrogen-bond donors (Lipinski definition) is 0. The van der Waals surface area contributed by atoms with Gasteiger partial charge in [-0.05, 0) is 28.1 Å². The van der Waals surface area contributed by atoms with Gasteiger partial charge < -0.3 is 0 Å². The van der Waals surface area contributed by atoms with Crippen molar-refractivity contribution in [2.45, 2.75) is 6.42 Å². The van der Waals surface area contributed by atoms with Crippen LogP contribution in [0.5, 0.6) is 0 Å². The van der Waals surface area contributed by atoms with E-state index in [1.807, 2.05) is 0 Å². The normalized spacial score (nSPS) is 10.5. The zero-order valence-electron chi connectivity index (χ0n) is 8.41. The number of hydrogen-bond acceptors (Lipinski definition) is 3. The van der Waals surface area contributed by atoms with Crippen molar-refractivity contribution in [2.24, 2.45) is 0 Å². The molecule has 0 aliphatic carbocycles. The molecule has 0 bridgehead atoms. The summed E-state index contributed by atoms with van der Waals surface area (Å²) in [5.74, 6) is -2.33. The molecule has 0 aliphatic rings. The highest BCUT2D eigenvalue weighted by atomic mass is 79.9. The fourth-order valence-corrected chi connectivity index (χ4v) is 2.47. The zero-order chi connectivity index (χ0) is 12.4. The first-order valence-electron chi connectivity index (χ1n) is 4.64. The third kappa shape index (κ3) is 2.58. The van der Waals surface area contributed by atoms with Gasteiger partial charge in [0.1, 0.15) is 5.01 Å². The highest BCUT2D eigenvalue weighted by Crippen LogP contribution is 2.24. The standard InChI is InChI=1S/C11H6BrF2NOS/c12-10-6(1-2-7(13)11(10)14)8(16)5-9-15-3-4-17-9/h1-4H,5H2. The summed E-state index contributed by atoms with van der Waals surface area (Å²) in [6, 6.07) is 2.20. The molecule has 6 heteroatoms. The van der Waals surface area contributed by atoms with Crippen molar-refractivity contribution in [3.8, 4) is 0 Å². The molecule has 0 unspecified atom stereocenters. The van der Waals surface area contributed by atoms with Crippen molar-refractivity contribution < 1.29 is 13.6 Å². The molecular weight excluding hydrogens is 312 g/mol. The van der Waals surface area contributed by atoms with Crippen LogP contribution in [0, 0.1) is 11.6 Å². The fraction of sp³-hybridized carbons (Fsp3) is 0.0909. The number of thiazole rings is 1. The number of benzene rings is 1. The summed E-state index contributed by atoms with van der Waals surface area (Å²) >= 11 is 4.23. The van der Waals surface area contributed by atoms with Crippen LogP contribution in [-0.4, -0.2) is 10.8 Å². The van der Waals surface area contributed by atoms with Crippen molar-refractivity contribution in [3.05, 3.63) is 50.4 Å². The number of rotatable bonds is 3. The van der Waals surface area contributed by atoms with Crippen LogP contribution in [-0.2, 0) is 6.42 Å². The molecule has 0 atom stereocenters. The van der Waals surface area contributed by atoms with E-state index < -0.39 is 11.6 Å². The summed E-state index contributed by atoms with van der Waals surface area (Å²) < 4.78 is 26.0. The van der Waals surface area contributed by atoms with Gasteiger partial charge in [0.2, 0.25) is 0 Å².